The molecule has 0 spiro atoms. The summed E-state index contributed by atoms with van der Waals surface area (Å²) in [7, 11) is 0. The maximum Gasteiger partial charge on any atom is 0.337 e. The van der Waals surface area contributed by atoms with E-state index < -0.39 is 22.9 Å². The molecule has 0 atom stereocenters. The van der Waals surface area contributed by atoms with Gasteiger partial charge in [-0.2, -0.15) is 0 Å². The molecule has 1 fully saturated rings. The lowest BCUT2D eigenvalue weighted by molar-refractivity contribution is 0.506. The molecule has 1 aliphatic carbocycles. The molecular formula is C22H18F2N4O2. The van der Waals surface area contributed by atoms with Gasteiger partial charge >= 0.3 is 5.69 Å². The van der Waals surface area contributed by atoms with Crippen molar-refractivity contribution in [2.75, 3.05) is 0 Å². The number of imidazole rings is 1. The predicted molar refractivity (Wildman–Crippen MR) is 108 cm³/mol. The van der Waals surface area contributed by atoms with Gasteiger partial charge in [0.05, 0.1) is 12.0 Å². The first kappa shape index (κ1) is 18.5. The third-order valence-electron chi connectivity index (χ3n) is 5.39. The maximum atomic E-state index is 13.6. The van der Waals surface area contributed by atoms with Crippen LogP contribution in [0.25, 0.3) is 16.9 Å². The quantitative estimate of drug-likeness (QED) is 0.521. The highest BCUT2D eigenvalue weighted by atomic mass is 19.2. The third-order valence-corrected chi connectivity index (χ3v) is 5.39. The molecule has 0 radical (unpaired) electrons. The van der Waals surface area contributed by atoms with Crippen LogP contribution in [0.3, 0.4) is 0 Å². The molecule has 2 aromatic heterocycles. The van der Waals surface area contributed by atoms with Crippen LogP contribution in [0.15, 0.2) is 58.4 Å². The molecule has 1 aliphatic rings. The predicted octanol–water partition coefficient (Wildman–Crippen LogP) is 3.32. The average molecular weight is 408 g/mol. The third kappa shape index (κ3) is 2.96. The van der Waals surface area contributed by atoms with Gasteiger partial charge in [0.25, 0.3) is 5.56 Å². The van der Waals surface area contributed by atoms with E-state index in [0.717, 1.165) is 30.5 Å². The summed E-state index contributed by atoms with van der Waals surface area (Å²) >= 11 is 0. The van der Waals surface area contributed by atoms with E-state index in [4.69, 9.17) is 0 Å². The highest BCUT2D eigenvalue weighted by Crippen LogP contribution is 2.32. The van der Waals surface area contributed by atoms with Crippen molar-refractivity contribution >= 4 is 11.2 Å². The van der Waals surface area contributed by atoms with E-state index in [-0.39, 0.29) is 23.8 Å². The maximum absolute atomic E-state index is 13.6. The molecule has 5 rings (SSSR count). The van der Waals surface area contributed by atoms with Crippen LogP contribution in [-0.2, 0) is 6.54 Å². The zero-order valence-corrected chi connectivity index (χ0v) is 16.2. The summed E-state index contributed by atoms with van der Waals surface area (Å²) in [6, 6.07) is 10.9. The number of aromatic nitrogens is 4. The molecule has 0 N–H and O–H groups in total. The highest BCUT2D eigenvalue weighted by molar-refractivity contribution is 5.72. The lowest BCUT2D eigenvalue weighted by Crippen LogP contribution is -2.39. The standard InChI is InChI=1S/C22H18F2N4O2/c1-13-2-5-15(6-3-13)27-20-19(21(29)28(22(27)30)16-7-8-16)26(12-25-20)11-14-4-9-17(23)18(24)10-14/h2-6,9-10,12,16H,7-8,11H2,1H3. The number of hydrogen-bond acceptors (Lipinski definition) is 3. The molecule has 0 amide bonds. The fraction of sp³-hybridized carbons (Fsp3) is 0.227. The first-order chi connectivity index (χ1) is 14.4. The van der Waals surface area contributed by atoms with E-state index in [1.807, 2.05) is 31.2 Å². The van der Waals surface area contributed by atoms with E-state index >= 15 is 0 Å². The molecule has 0 unspecified atom stereocenters. The van der Waals surface area contributed by atoms with Gasteiger partial charge in [0.2, 0.25) is 0 Å². The van der Waals surface area contributed by atoms with E-state index in [9.17, 15) is 18.4 Å². The summed E-state index contributed by atoms with van der Waals surface area (Å²) in [5.41, 5.74) is 1.81. The number of fused-ring (bicyclic) bond motifs is 1. The van der Waals surface area contributed by atoms with E-state index in [2.05, 4.69) is 4.98 Å². The zero-order valence-electron chi connectivity index (χ0n) is 16.2. The lowest BCUT2D eigenvalue weighted by Gasteiger charge is -2.12. The lowest BCUT2D eigenvalue weighted by atomic mass is 10.2. The van der Waals surface area contributed by atoms with Gasteiger partial charge in [0, 0.05) is 12.6 Å². The number of halogens is 2. The summed E-state index contributed by atoms with van der Waals surface area (Å²) in [6.07, 6.45) is 2.99. The number of aryl methyl sites for hydroxylation is 1. The van der Waals surface area contributed by atoms with Crippen LogP contribution in [0.4, 0.5) is 8.78 Å². The summed E-state index contributed by atoms with van der Waals surface area (Å²) in [6.45, 7) is 2.07. The van der Waals surface area contributed by atoms with Crippen LogP contribution in [0.5, 0.6) is 0 Å². The van der Waals surface area contributed by atoms with Crippen LogP contribution < -0.4 is 11.2 Å². The first-order valence-electron chi connectivity index (χ1n) is 9.67. The van der Waals surface area contributed by atoms with Gasteiger partial charge in [-0.1, -0.05) is 23.8 Å². The summed E-state index contributed by atoms with van der Waals surface area (Å²) < 4.78 is 31.2. The average Bonchev–Trinajstić information content (AvgIpc) is 3.46. The van der Waals surface area contributed by atoms with Crippen molar-refractivity contribution in [3.8, 4) is 5.69 Å². The number of benzene rings is 2. The van der Waals surface area contributed by atoms with Crippen LogP contribution >= 0.6 is 0 Å². The summed E-state index contributed by atoms with van der Waals surface area (Å²) in [5.74, 6) is -1.89. The van der Waals surface area contributed by atoms with Crippen molar-refractivity contribution in [2.24, 2.45) is 0 Å². The van der Waals surface area contributed by atoms with Gasteiger partial charge in [-0.15, -0.1) is 0 Å². The van der Waals surface area contributed by atoms with Crippen molar-refractivity contribution in [3.05, 3.63) is 92.4 Å². The van der Waals surface area contributed by atoms with Crippen molar-refractivity contribution in [3.63, 3.8) is 0 Å². The monoisotopic (exact) mass is 408 g/mol. The number of hydrogen-bond donors (Lipinski definition) is 0. The molecule has 2 aromatic carbocycles. The highest BCUT2D eigenvalue weighted by Gasteiger charge is 2.30. The molecule has 6 nitrogen and oxygen atoms in total. The Bertz CT molecular complexity index is 1400. The Morgan fingerprint density at radius 1 is 1.03 bits per heavy atom. The minimum absolute atomic E-state index is 0.125. The largest absolute Gasteiger partial charge is 0.337 e. The first-order valence-corrected chi connectivity index (χ1v) is 9.67. The zero-order chi connectivity index (χ0) is 21.0. The smallest absolute Gasteiger partial charge is 0.320 e. The van der Waals surface area contributed by atoms with Crippen LogP contribution in [0.2, 0.25) is 0 Å². The Labute approximate surface area is 169 Å². The summed E-state index contributed by atoms with van der Waals surface area (Å²) in [4.78, 5) is 30.8. The fourth-order valence-electron chi connectivity index (χ4n) is 3.69. The van der Waals surface area contributed by atoms with Gasteiger partial charge in [-0.3, -0.25) is 9.36 Å². The van der Waals surface area contributed by atoms with Gasteiger partial charge < -0.3 is 4.57 Å². The molecule has 0 bridgehead atoms. The Morgan fingerprint density at radius 2 is 1.77 bits per heavy atom. The molecule has 30 heavy (non-hydrogen) atoms. The second kappa shape index (κ2) is 6.76. The SMILES string of the molecule is Cc1ccc(-n2c(=O)n(C3CC3)c(=O)c3c2ncn3Cc2ccc(F)c(F)c2)cc1. The molecule has 0 saturated heterocycles. The van der Waals surface area contributed by atoms with Crippen molar-refractivity contribution in [1.29, 1.82) is 0 Å². The van der Waals surface area contributed by atoms with Crippen LogP contribution in [0, 0.1) is 18.6 Å². The second-order valence-electron chi connectivity index (χ2n) is 7.65. The number of nitrogens with zero attached hydrogens (tertiary/aromatic N) is 4. The van der Waals surface area contributed by atoms with E-state index in [0.29, 0.717) is 11.3 Å². The van der Waals surface area contributed by atoms with Crippen LogP contribution in [0.1, 0.15) is 30.0 Å². The fourth-order valence-corrected chi connectivity index (χ4v) is 3.69. The van der Waals surface area contributed by atoms with Crippen LogP contribution in [-0.4, -0.2) is 18.7 Å². The molecule has 0 aliphatic heterocycles. The van der Waals surface area contributed by atoms with Crippen molar-refractivity contribution in [2.45, 2.75) is 32.4 Å². The minimum Gasteiger partial charge on any atom is -0.320 e. The molecular weight excluding hydrogens is 390 g/mol. The van der Waals surface area contributed by atoms with Crippen molar-refractivity contribution in [1.82, 2.24) is 18.7 Å². The van der Waals surface area contributed by atoms with Gasteiger partial charge in [0.15, 0.2) is 22.8 Å². The molecule has 8 heteroatoms. The minimum atomic E-state index is -0.955. The Kier molecular flexibility index (Phi) is 4.16. The summed E-state index contributed by atoms with van der Waals surface area (Å²) in [5, 5.41) is 0. The molecule has 152 valence electrons. The van der Waals surface area contributed by atoms with Gasteiger partial charge in [-0.25, -0.2) is 23.1 Å². The number of rotatable bonds is 4. The van der Waals surface area contributed by atoms with Gasteiger partial charge in [-0.05, 0) is 49.6 Å². The Hall–Kier alpha value is -3.55. The van der Waals surface area contributed by atoms with E-state index in [1.54, 1.807) is 4.57 Å². The normalized spacial score (nSPS) is 13.8. The second-order valence-corrected chi connectivity index (χ2v) is 7.65. The molecule has 4 aromatic rings. The molecule has 1 saturated carbocycles. The Morgan fingerprint density at radius 3 is 2.43 bits per heavy atom. The van der Waals surface area contributed by atoms with Crippen molar-refractivity contribution < 1.29 is 8.78 Å². The molecule has 2 heterocycles. The topological polar surface area (TPSA) is 61.8 Å². The van der Waals surface area contributed by atoms with Gasteiger partial charge in [0.1, 0.15) is 0 Å². The Balaban J connectivity index is 1.75. The van der Waals surface area contributed by atoms with E-state index in [1.165, 1.54) is 21.5 Å².